The van der Waals surface area contributed by atoms with Gasteiger partial charge in [-0.3, -0.25) is 0 Å². The Labute approximate surface area is 91.5 Å². The molecule has 0 unspecified atom stereocenters. The normalized spacial score (nSPS) is 24.3. The molecule has 0 saturated carbocycles. The van der Waals surface area contributed by atoms with Crippen LogP contribution >= 0.6 is 0 Å². The molecule has 1 saturated heterocycles. The maximum Gasteiger partial charge on any atom is 0.214 e. The quantitative estimate of drug-likeness (QED) is 0.697. The van der Waals surface area contributed by atoms with Gasteiger partial charge in [0.2, 0.25) is 10.0 Å². The summed E-state index contributed by atoms with van der Waals surface area (Å²) in [5, 5.41) is 9.02. The Bertz CT molecular complexity index is 308. The van der Waals surface area contributed by atoms with E-state index in [1.54, 1.807) is 0 Å². The maximum absolute atomic E-state index is 11.6. The minimum absolute atomic E-state index is 0.174. The first-order chi connectivity index (χ1) is 6.77. The van der Waals surface area contributed by atoms with Gasteiger partial charge < -0.3 is 5.21 Å². The largest absolute Gasteiger partial charge is 0.316 e. The maximum atomic E-state index is 11.6. The molecule has 90 valence electrons. The molecule has 0 amide bonds. The number of sulfonamides is 1. The molecule has 0 bridgehead atoms. The summed E-state index contributed by atoms with van der Waals surface area (Å²) >= 11 is 0. The Morgan fingerprint density at radius 2 is 2.07 bits per heavy atom. The highest BCUT2D eigenvalue weighted by molar-refractivity contribution is 7.89. The molecule has 15 heavy (non-hydrogen) atoms. The molecule has 0 spiro atoms. The first-order valence-corrected chi connectivity index (χ1v) is 6.76. The summed E-state index contributed by atoms with van der Waals surface area (Å²) in [5.41, 5.74) is 2.03. The second kappa shape index (κ2) is 4.37. The molecule has 5 nitrogen and oxygen atoms in total. The van der Waals surface area contributed by atoms with Gasteiger partial charge in [-0.05, 0) is 11.8 Å². The van der Waals surface area contributed by atoms with Crippen molar-refractivity contribution in [1.29, 1.82) is 0 Å². The van der Waals surface area contributed by atoms with Crippen molar-refractivity contribution < 1.29 is 13.6 Å². The second-order valence-electron chi connectivity index (χ2n) is 5.08. The number of rotatable bonds is 3. The predicted octanol–water partition coefficient (Wildman–Crippen LogP) is 0.415. The van der Waals surface area contributed by atoms with Gasteiger partial charge in [0, 0.05) is 13.1 Å². The Kier molecular flexibility index (Phi) is 3.76. The van der Waals surface area contributed by atoms with Crippen molar-refractivity contribution in [2.24, 2.45) is 5.41 Å². The summed E-state index contributed by atoms with van der Waals surface area (Å²) in [6, 6.07) is -0.245. The van der Waals surface area contributed by atoms with Crippen LogP contribution in [0.25, 0.3) is 0 Å². The Morgan fingerprint density at radius 1 is 1.47 bits per heavy atom. The molecular weight excluding hydrogens is 216 g/mol. The van der Waals surface area contributed by atoms with Crippen molar-refractivity contribution in [2.45, 2.75) is 33.2 Å². The van der Waals surface area contributed by atoms with E-state index in [-0.39, 0.29) is 17.2 Å². The molecule has 1 rings (SSSR count). The fourth-order valence-corrected chi connectivity index (χ4v) is 3.14. The standard InChI is InChI=1S/C9H20N2O3S/c1-9(2,3)8(10-12)7-11-5-4-6-15(11,13)14/h8,10,12H,4-7H2,1-3H3/t8-/m1/s1. The SMILES string of the molecule is CC(C)(C)[C@@H](CN1CCCS1(=O)=O)NO. The first-order valence-electron chi connectivity index (χ1n) is 5.15. The molecule has 0 aromatic rings. The highest BCUT2D eigenvalue weighted by atomic mass is 32.2. The zero-order valence-electron chi connectivity index (χ0n) is 9.52. The van der Waals surface area contributed by atoms with E-state index in [9.17, 15) is 8.42 Å². The van der Waals surface area contributed by atoms with Gasteiger partial charge >= 0.3 is 0 Å². The van der Waals surface area contributed by atoms with E-state index in [0.717, 1.165) is 0 Å². The Morgan fingerprint density at radius 3 is 2.40 bits per heavy atom. The molecule has 0 aliphatic carbocycles. The van der Waals surface area contributed by atoms with Crippen molar-refractivity contribution in [3.8, 4) is 0 Å². The van der Waals surface area contributed by atoms with E-state index in [1.165, 1.54) is 4.31 Å². The minimum Gasteiger partial charge on any atom is -0.316 e. The highest BCUT2D eigenvalue weighted by Gasteiger charge is 2.34. The van der Waals surface area contributed by atoms with E-state index in [1.807, 2.05) is 20.8 Å². The topological polar surface area (TPSA) is 69.6 Å². The first kappa shape index (κ1) is 12.9. The third kappa shape index (κ3) is 3.14. The lowest BCUT2D eigenvalue weighted by Crippen LogP contribution is -2.47. The van der Waals surface area contributed by atoms with Gasteiger partial charge in [-0.1, -0.05) is 20.8 Å². The monoisotopic (exact) mass is 236 g/mol. The fraction of sp³-hybridized carbons (Fsp3) is 1.00. The van der Waals surface area contributed by atoms with Crippen molar-refractivity contribution in [1.82, 2.24) is 9.79 Å². The van der Waals surface area contributed by atoms with Gasteiger partial charge in [-0.25, -0.2) is 18.2 Å². The van der Waals surface area contributed by atoms with Crippen LogP contribution in [-0.2, 0) is 10.0 Å². The number of hydroxylamine groups is 1. The lowest BCUT2D eigenvalue weighted by molar-refractivity contribution is 0.0625. The lowest BCUT2D eigenvalue weighted by atomic mass is 9.87. The molecule has 2 N–H and O–H groups in total. The molecule has 1 aliphatic rings. The van der Waals surface area contributed by atoms with Gasteiger partial charge in [0.1, 0.15) is 0 Å². The number of hydrogen-bond donors (Lipinski definition) is 2. The summed E-state index contributed by atoms with van der Waals surface area (Å²) < 4.78 is 24.6. The minimum atomic E-state index is -3.07. The smallest absolute Gasteiger partial charge is 0.214 e. The van der Waals surface area contributed by atoms with E-state index < -0.39 is 10.0 Å². The predicted molar refractivity (Wildman–Crippen MR) is 58.1 cm³/mol. The van der Waals surface area contributed by atoms with Gasteiger partial charge in [0.05, 0.1) is 11.8 Å². The van der Waals surface area contributed by atoms with Crippen molar-refractivity contribution in [3.05, 3.63) is 0 Å². The molecular formula is C9H20N2O3S. The second-order valence-corrected chi connectivity index (χ2v) is 7.16. The summed E-state index contributed by atoms with van der Waals surface area (Å²) in [4.78, 5) is 0. The average Bonchev–Trinajstić information content (AvgIpc) is 2.39. The Balaban J connectivity index is 2.68. The summed E-state index contributed by atoms with van der Waals surface area (Å²) in [5.74, 6) is 0.231. The van der Waals surface area contributed by atoms with E-state index in [4.69, 9.17) is 5.21 Å². The molecule has 0 radical (unpaired) electrons. The molecule has 6 heteroatoms. The lowest BCUT2D eigenvalue weighted by Gasteiger charge is -2.31. The Hall–Kier alpha value is -0.170. The van der Waals surface area contributed by atoms with Crippen LogP contribution in [0.3, 0.4) is 0 Å². The van der Waals surface area contributed by atoms with Gasteiger partial charge in [0.15, 0.2) is 0 Å². The van der Waals surface area contributed by atoms with Crippen LogP contribution in [-0.4, -0.2) is 42.8 Å². The zero-order valence-corrected chi connectivity index (χ0v) is 10.3. The van der Waals surface area contributed by atoms with Crippen molar-refractivity contribution in [3.63, 3.8) is 0 Å². The van der Waals surface area contributed by atoms with E-state index in [0.29, 0.717) is 19.5 Å². The molecule has 0 aromatic heterocycles. The number of nitrogens with zero attached hydrogens (tertiary/aromatic N) is 1. The van der Waals surface area contributed by atoms with Crippen LogP contribution in [0.2, 0.25) is 0 Å². The van der Waals surface area contributed by atoms with E-state index in [2.05, 4.69) is 5.48 Å². The summed E-state index contributed by atoms with van der Waals surface area (Å²) in [7, 11) is -3.07. The van der Waals surface area contributed by atoms with Crippen LogP contribution in [0.15, 0.2) is 0 Å². The molecule has 1 aliphatic heterocycles. The summed E-state index contributed by atoms with van der Waals surface area (Å²) in [6.07, 6.45) is 0.685. The van der Waals surface area contributed by atoms with Crippen LogP contribution in [0, 0.1) is 5.41 Å². The van der Waals surface area contributed by atoms with Crippen LogP contribution in [0.5, 0.6) is 0 Å². The fourth-order valence-electron chi connectivity index (χ4n) is 1.61. The van der Waals surface area contributed by atoms with Crippen molar-refractivity contribution >= 4 is 10.0 Å². The summed E-state index contributed by atoms with van der Waals surface area (Å²) in [6.45, 7) is 6.79. The molecule has 1 heterocycles. The van der Waals surface area contributed by atoms with Crippen LogP contribution in [0.1, 0.15) is 27.2 Å². The average molecular weight is 236 g/mol. The van der Waals surface area contributed by atoms with Gasteiger partial charge in [-0.15, -0.1) is 0 Å². The van der Waals surface area contributed by atoms with Gasteiger partial charge in [0.25, 0.3) is 0 Å². The number of nitrogens with one attached hydrogen (secondary N) is 1. The molecule has 1 atom stereocenters. The van der Waals surface area contributed by atoms with E-state index >= 15 is 0 Å². The zero-order chi connectivity index (χ0) is 11.7. The highest BCUT2D eigenvalue weighted by Crippen LogP contribution is 2.22. The third-order valence-electron chi connectivity index (χ3n) is 2.79. The van der Waals surface area contributed by atoms with Crippen LogP contribution in [0.4, 0.5) is 0 Å². The number of hydrogen-bond acceptors (Lipinski definition) is 4. The van der Waals surface area contributed by atoms with Gasteiger partial charge in [-0.2, -0.15) is 0 Å². The molecule has 0 aromatic carbocycles. The third-order valence-corrected chi connectivity index (χ3v) is 4.71. The van der Waals surface area contributed by atoms with Crippen molar-refractivity contribution in [2.75, 3.05) is 18.8 Å². The molecule has 1 fully saturated rings. The van der Waals surface area contributed by atoms with Crippen LogP contribution < -0.4 is 5.48 Å².